The average molecular weight is 306 g/mol. The molecule has 0 aliphatic carbocycles. The fourth-order valence-electron chi connectivity index (χ4n) is 1.67. The molecule has 0 saturated carbocycles. The maximum absolute atomic E-state index is 5.25. The number of thiophene rings is 1. The van der Waals surface area contributed by atoms with E-state index in [2.05, 4.69) is 41.2 Å². The Hall–Kier alpha value is -0.0600. The van der Waals surface area contributed by atoms with Crippen molar-refractivity contribution in [2.75, 3.05) is 7.11 Å². The first kappa shape index (κ1) is 14.0. The van der Waals surface area contributed by atoms with Crippen molar-refractivity contribution in [1.82, 2.24) is 5.32 Å². The second-order valence-corrected chi connectivity index (χ2v) is 5.78. The lowest BCUT2D eigenvalue weighted by atomic mass is 10.1. The number of ether oxygens (including phenoxy) is 1. The molecule has 4 heteroatoms. The van der Waals surface area contributed by atoms with Crippen LogP contribution in [0.1, 0.15) is 38.0 Å². The predicted octanol–water partition coefficient (Wildman–Crippen LogP) is 4.19. The quantitative estimate of drug-likeness (QED) is 0.815. The number of rotatable bonds is 7. The van der Waals surface area contributed by atoms with Crippen molar-refractivity contribution < 1.29 is 4.74 Å². The zero-order chi connectivity index (χ0) is 12.0. The smallest absolute Gasteiger partial charge is 0.188 e. The molecule has 0 saturated heterocycles. The fraction of sp³-hybridized carbons (Fsp3) is 0.667. The van der Waals surface area contributed by atoms with E-state index in [4.69, 9.17) is 4.74 Å². The van der Waals surface area contributed by atoms with E-state index in [0.717, 1.165) is 16.1 Å². The summed E-state index contributed by atoms with van der Waals surface area (Å²) in [5.74, 6) is 0. The average Bonchev–Trinajstić information content (AvgIpc) is 2.65. The summed E-state index contributed by atoms with van der Waals surface area (Å²) in [6.45, 7) is 5.40. The summed E-state index contributed by atoms with van der Waals surface area (Å²) in [4.78, 5) is 1.32. The Morgan fingerprint density at radius 1 is 1.50 bits per heavy atom. The summed E-state index contributed by atoms with van der Waals surface area (Å²) in [5, 5.41) is 4.54. The Morgan fingerprint density at radius 2 is 2.25 bits per heavy atom. The second kappa shape index (κ2) is 7.30. The molecule has 0 radical (unpaired) electrons. The van der Waals surface area contributed by atoms with E-state index in [-0.39, 0.29) is 0 Å². The standard InChI is InChI=1S/C12H20BrNOS/c1-4-6-9(5-2)14-8-10-7-11(13)12(15-3)16-10/h7,9,14H,4-6,8H2,1-3H3. The van der Waals surface area contributed by atoms with Crippen LogP contribution >= 0.6 is 27.3 Å². The van der Waals surface area contributed by atoms with Gasteiger partial charge in [0.15, 0.2) is 5.06 Å². The van der Waals surface area contributed by atoms with Gasteiger partial charge >= 0.3 is 0 Å². The summed E-state index contributed by atoms with van der Waals surface area (Å²) < 4.78 is 6.31. The minimum absolute atomic E-state index is 0.636. The van der Waals surface area contributed by atoms with Crippen LogP contribution in [-0.4, -0.2) is 13.2 Å². The van der Waals surface area contributed by atoms with E-state index in [1.165, 1.54) is 24.1 Å². The summed E-state index contributed by atoms with van der Waals surface area (Å²) in [7, 11) is 1.71. The van der Waals surface area contributed by atoms with Crippen LogP contribution in [0.4, 0.5) is 0 Å². The normalized spacial score (nSPS) is 12.8. The zero-order valence-corrected chi connectivity index (χ0v) is 12.6. The summed E-state index contributed by atoms with van der Waals surface area (Å²) in [6, 6.07) is 2.77. The lowest BCUT2D eigenvalue weighted by Crippen LogP contribution is -2.27. The van der Waals surface area contributed by atoms with Crippen molar-refractivity contribution in [3.8, 4) is 5.06 Å². The maximum Gasteiger partial charge on any atom is 0.188 e. The van der Waals surface area contributed by atoms with Crippen LogP contribution in [-0.2, 0) is 6.54 Å². The van der Waals surface area contributed by atoms with Crippen molar-refractivity contribution >= 4 is 27.3 Å². The van der Waals surface area contributed by atoms with Crippen molar-refractivity contribution in [1.29, 1.82) is 0 Å². The Labute approximate surface area is 111 Å². The molecule has 0 bridgehead atoms. The molecule has 1 aromatic heterocycles. The summed E-state index contributed by atoms with van der Waals surface area (Å²) in [6.07, 6.45) is 3.68. The first-order valence-electron chi connectivity index (χ1n) is 5.76. The molecule has 1 atom stereocenters. The molecule has 1 N–H and O–H groups in total. The van der Waals surface area contributed by atoms with E-state index < -0.39 is 0 Å². The van der Waals surface area contributed by atoms with E-state index in [1.54, 1.807) is 18.4 Å². The molecule has 1 heterocycles. The predicted molar refractivity (Wildman–Crippen MR) is 74.4 cm³/mol. The first-order valence-corrected chi connectivity index (χ1v) is 7.37. The highest BCUT2D eigenvalue weighted by molar-refractivity contribution is 9.10. The zero-order valence-electron chi connectivity index (χ0n) is 10.2. The van der Waals surface area contributed by atoms with Gasteiger partial charge in [-0.25, -0.2) is 0 Å². The molecule has 1 unspecified atom stereocenters. The molecule has 1 rings (SSSR count). The highest BCUT2D eigenvalue weighted by Gasteiger charge is 2.09. The Balaban J connectivity index is 2.46. The Kier molecular flexibility index (Phi) is 6.39. The van der Waals surface area contributed by atoms with Gasteiger partial charge in [0.2, 0.25) is 0 Å². The number of nitrogens with one attached hydrogen (secondary N) is 1. The van der Waals surface area contributed by atoms with Crippen molar-refractivity contribution in [3.05, 3.63) is 15.4 Å². The second-order valence-electron chi connectivity index (χ2n) is 3.83. The molecule has 0 aromatic carbocycles. The van der Waals surface area contributed by atoms with Crippen LogP contribution < -0.4 is 10.1 Å². The first-order chi connectivity index (χ1) is 7.71. The molecule has 0 aliphatic rings. The Bertz CT molecular complexity index is 314. The van der Waals surface area contributed by atoms with Crippen molar-refractivity contribution in [3.63, 3.8) is 0 Å². The largest absolute Gasteiger partial charge is 0.486 e. The van der Waals surface area contributed by atoms with Gasteiger partial charge < -0.3 is 10.1 Å². The van der Waals surface area contributed by atoms with Crippen molar-refractivity contribution in [2.45, 2.75) is 45.7 Å². The minimum atomic E-state index is 0.636. The van der Waals surface area contributed by atoms with Gasteiger partial charge in [-0.2, -0.15) is 0 Å². The molecule has 16 heavy (non-hydrogen) atoms. The van der Waals surface area contributed by atoms with E-state index in [9.17, 15) is 0 Å². The van der Waals surface area contributed by atoms with Gasteiger partial charge in [-0.05, 0) is 34.8 Å². The van der Waals surface area contributed by atoms with Crippen LogP contribution in [0.5, 0.6) is 5.06 Å². The third-order valence-corrected chi connectivity index (χ3v) is 4.53. The van der Waals surface area contributed by atoms with Crippen LogP contribution in [0, 0.1) is 0 Å². The Morgan fingerprint density at radius 3 is 2.75 bits per heavy atom. The van der Waals surface area contributed by atoms with Gasteiger partial charge in [0.05, 0.1) is 11.6 Å². The van der Waals surface area contributed by atoms with Gasteiger partial charge in [0.1, 0.15) is 0 Å². The minimum Gasteiger partial charge on any atom is -0.486 e. The number of halogens is 1. The maximum atomic E-state index is 5.25. The lowest BCUT2D eigenvalue weighted by molar-refractivity contribution is 0.425. The third-order valence-electron chi connectivity index (χ3n) is 2.59. The highest BCUT2D eigenvalue weighted by atomic mass is 79.9. The van der Waals surface area contributed by atoms with E-state index in [0.29, 0.717) is 6.04 Å². The molecular weight excluding hydrogens is 286 g/mol. The summed E-state index contributed by atoms with van der Waals surface area (Å²) >= 11 is 5.19. The SMILES string of the molecule is CCCC(CC)NCc1cc(Br)c(OC)s1. The molecule has 0 spiro atoms. The monoisotopic (exact) mass is 305 g/mol. The summed E-state index contributed by atoms with van der Waals surface area (Å²) in [5.41, 5.74) is 0. The fourth-order valence-corrected chi connectivity index (χ4v) is 3.31. The van der Waals surface area contributed by atoms with Gasteiger partial charge in [-0.1, -0.05) is 20.3 Å². The van der Waals surface area contributed by atoms with E-state index in [1.807, 2.05) is 0 Å². The van der Waals surface area contributed by atoms with Crippen LogP contribution in [0.3, 0.4) is 0 Å². The van der Waals surface area contributed by atoms with Gasteiger partial charge in [0.25, 0.3) is 0 Å². The molecule has 2 nitrogen and oxygen atoms in total. The lowest BCUT2D eigenvalue weighted by Gasteiger charge is -2.14. The molecule has 92 valence electrons. The van der Waals surface area contributed by atoms with Crippen LogP contribution in [0.15, 0.2) is 10.5 Å². The third kappa shape index (κ3) is 4.07. The van der Waals surface area contributed by atoms with Crippen molar-refractivity contribution in [2.24, 2.45) is 0 Å². The highest BCUT2D eigenvalue weighted by Crippen LogP contribution is 2.34. The molecule has 1 aromatic rings. The van der Waals surface area contributed by atoms with Crippen LogP contribution in [0.25, 0.3) is 0 Å². The molecule has 0 amide bonds. The molecule has 0 fully saturated rings. The van der Waals surface area contributed by atoms with E-state index >= 15 is 0 Å². The van der Waals surface area contributed by atoms with Gasteiger partial charge in [-0.15, -0.1) is 11.3 Å². The molecular formula is C12H20BrNOS. The number of hydrogen-bond acceptors (Lipinski definition) is 3. The topological polar surface area (TPSA) is 21.3 Å². The van der Waals surface area contributed by atoms with Gasteiger partial charge in [-0.3, -0.25) is 0 Å². The van der Waals surface area contributed by atoms with Crippen LogP contribution in [0.2, 0.25) is 0 Å². The number of methoxy groups -OCH3 is 1. The van der Waals surface area contributed by atoms with Gasteiger partial charge in [0, 0.05) is 17.5 Å². The molecule has 0 aliphatic heterocycles. The number of hydrogen-bond donors (Lipinski definition) is 1.